The van der Waals surface area contributed by atoms with Gasteiger partial charge in [0.25, 0.3) is 11.6 Å². The second-order valence-electron chi connectivity index (χ2n) is 3.09. The van der Waals surface area contributed by atoms with Crippen LogP contribution in [0.4, 0.5) is 5.69 Å². The van der Waals surface area contributed by atoms with Crippen LogP contribution in [0.5, 0.6) is 0 Å². The van der Waals surface area contributed by atoms with Crippen molar-refractivity contribution in [2.45, 2.75) is 13.0 Å². The van der Waals surface area contributed by atoms with Gasteiger partial charge in [-0.05, 0) is 6.92 Å². The first-order valence-corrected chi connectivity index (χ1v) is 4.29. The van der Waals surface area contributed by atoms with E-state index in [4.69, 9.17) is 5.11 Å². The van der Waals surface area contributed by atoms with Crippen LogP contribution in [0.3, 0.4) is 0 Å². The van der Waals surface area contributed by atoms with Crippen LogP contribution < -0.4 is 5.32 Å². The van der Waals surface area contributed by atoms with Gasteiger partial charge in [-0.1, -0.05) is 0 Å². The van der Waals surface area contributed by atoms with E-state index in [9.17, 15) is 14.9 Å². The summed E-state index contributed by atoms with van der Waals surface area (Å²) < 4.78 is 0. The lowest BCUT2D eigenvalue weighted by Crippen LogP contribution is -2.35. The molecule has 7 nitrogen and oxygen atoms in total. The number of aliphatic hydroxyl groups is 1. The Hall–Kier alpha value is -1.89. The number of hydrogen-bond donors (Lipinski definition) is 3. The van der Waals surface area contributed by atoms with Crippen molar-refractivity contribution in [3.63, 3.8) is 0 Å². The Balaban J connectivity index is 2.70. The zero-order valence-corrected chi connectivity index (χ0v) is 8.06. The molecule has 0 aliphatic carbocycles. The topological polar surface area (TPSA) is 108 Å². The van der Waals surface area contributed by atoms with Gasteiger partial charge in [-0.2, -0.15) is 0 Å². The highest BCUT2D eigenvalue weighted by atomic mass is 16.6. The number of amides is 1. The fourth-order valence-corrected chi connectivity index (χ4v) is 0.967. The summed E-state index contributed by atoms with van der Waals surface area (Å²) in [4.78, 5) is 23.6. The van der Waals surface area contributed by atoms with Crippen LogP contribution in [0.25, 0.3) is 0 Å². The Morgan fingerprint density at radius 3 is 2.93 bits per heavy atom. The van der Waals surface area contributed by atoms with Gasteiger partial charge in [0, 0.05) is 12.1 Å². The van der Waals surface area contributed by atoms with E-state index in [0.29, 0.717) is 0 Å². The monoisotopic (exact) mass is 213 g/mol. The molecule has 1 aromatic heterocycles. The minimum Gasteiger partial charge on any atom is -0.394 e. The van der Waals surface area contributed by atoms with Crippen LogP contribution in [0.15, 0.2) is 12.3 Å². The minimum absolute atomic E-state index is 0.0991. The lowest BCUT2D eigenvalue weighted by molar-refractivity contribution is -0.384. The molecule has 0 saturated heterocycles. The Morgan fingerprint density at radius 2 is 2.47 bits per heavy atom. The number of carbonyl (C=O) groups is 1. The molecule has 0 fully saturated rings. The van der Waals surface area contributed by atoms with E-state index in [1.165, 1.54) is 0 Å². The van der Waals surface area contributed by atoms with Crippen molar-refractivity contribution in [3.8, 4) is 0 Å². The molecule has 7 heteroatoms. The van der Waals surface area contributed by atoms with Crippen LogP contribution in [0, 0.1) is 10.1 Å². The van der Waals surface area contributed by atoms with Crippen molar-refractivity contribution >= 4 is 11.6 Å². The van der Waals surface area contributed by atoms with Gasteiger partial charge in [0.2, 0.25) is 0 Å². The number of nitrogens with one attached hydrogen (secondary N) is 2. The molecule has 82 valence electrons. The fourth-order valence-electron chi connectivity index (χ4n) is 0.967. The third-order valence-electron chi connectivity index (χ3n) is 1.77. The van der Waals surface area contributed by atoms with Crippen LogP contribution in [0.1, 0.15) is 17.4 Å². The number of nitro groups is 1. The number of aliphatic hydroxyl groups excluding tert-OH is 1. The van der Waals surface area contributed by atoms with E-state index in [2.05, 4.69) is 10.3 Å². The lowest BCUT2D eigenvalue weighted by Gasteiger charge is -2.08. The van der Waals surface area contributed by atoms with Gasteiger partial charge in [0.1, 0.15) is 5.69 Å². The van der Waals surface area contributed by atoms with Gasteiger partial charge in [-0.15, -0.1) is 0 Å². The highest BCUT2D eigenvalue weighted by Gasteiger charge is 2.15. The molecule has 1 rings (SSSR count). The number of H-pyrrole nitrogens is 1. The lowest BCUT2D eigenvalue weighted by atomic mass is 10.3. The van der Waals surface area contributed by atoms with Crippen LogP contribution in [0.2, 0.25) is 0 Å². The standard InChI is InChI=1S/C8H11N3O4/c1-5(4-12)10-8(13)7-2-6(3-9-7)11(14)15/h2-3,5,9,12H,4H2,1H3,(H,10,13)/t5-/m1/s1. The Labute approximate surface area is 85.3 Å². The molecule has 0 aliphatic rings. The number of rotatable bonds is 4. The molecule has 0 unspecified atom stereocenters. The minimum atomic E-state index is -0.594. The quantitative estimate of drug-likeness (QED) is 0.484. The zero-order chi connectivity index (χ0) is 11.4. The van der Waals surface area contributed by atoms with E-state index < -0.39 is 10.8 Å². The van der Waals surface area contributed by atoms with Gasteiger partial charge in [-0.3, -0.25) is 14.9 Å². The molecule has 1 heterocycles. The second kappa shape index (κ2) is 4.56. The molecule has 0 saturated carbocycles. The number of carbonyl (C=O) groups excluding carboxylic acids is 1. The Bertz CT molecular complexity index is 374. The van der Waals surface area contributed by atoms with Crippen molar-refractivity contribution < 1.29 is 14.8 Å². The highest BCUT2D eigenvalue weighted by Crippen LogP contribution is 2.11. The van der Waals surface area contributed by atoms with Gasteiger partial charge in [-0.25, -0.2) is 0 Å². The van der Waals surface area contributed by atoms with Crippen molar-refractivity contribution in [1.82, 2.24) is 10.3 Å². The predicted octanol–water partition coefficient (Wildman–Crippen LogP) is 0.0335. The first kappa shape index (κ1) is 11.2. The predicted molar refractivity (Wildman–Crippen MR) is 51.5 cm³/mol. The maximum Gasteiger partial charge on any atom is 0.287 e. The largest absolute Gasteiger partial charge is 0.394 e. The van der Waals surface area contributed by atoms with Gasteiger partial charge in [0.05, 0.1) is 17.7 Å². The summed E-state index contributed by atoms with van der Waals surface area (Å²) in [6.07, 6.45) is 1.14. The van der Waals surface area contributed by atoms with Gasteiger partial charge < -0.3 is 15.4 Å². The zero-order valence-electron chi connectivity index (χ0n) is 8.06. The molecule has 1 amide bonds. The average molecular weight is 213 g/mol. The summed E-state index contributed by atoms with van der Waals surface area (Å²) in [5, 5.41) is 21.5. The number of nitrogens with zero attached hydrogens (tertiary/aromatic N) is 1. The number of aromatic amines is 1. The molecular formula is C8H11N3O4. The summed E-state index contributed by atoms with van der Waals surface area (Å²) in [6.45, 7) is 1.43. The second-order valence-corrected chi connectivity index (χ2v) is 3.09. The van der Waals surface area contributed by atoms with Crippen LogP contribution in [-0.4, -0.2) is 33.6 Å². The van der Waals surface area contributed by atoms with E-state index in [1.807, 2.05) is 0 Å². The highest BCUT2D eigenvalue weighted by molar-refractivity contribution is 5.93. The molecule has 15 heavy (non-hydrogen) atoms. The summed E-state index contributed by atoms with van der Waals surface area (Å²) in [5.41, 5.74) is -0.0706. The Morgan fingerprint density at radius 1 is 1.80 bits per heavy atom. The summed E-state index contributed by atoms with van der Waals surface area (Å²) in [5.74, 6) is -0.482. The van der Waals surface area contributed by atoms with Crippen LogP contribution >= 0.6 is 0 Å². The number of hydrogen-bond acceptors (Lipinski definition) is 4. The van der Waals surface area contributed by atoms with E-state index in [-0.39, 0.29) is 24.0 Å². The van der Waals surface area contributed by atoms with Crippen LogP contribution in [-0.2, 0) is 0 Å². The summed E-state index contributed by atoms with van der Waals surface area (Å²) >= 11 is 0. The van der Waals surface area contributed by atoms with Gasteiger partial charge >= 0.3 is 0 Å². The van der Waals surface area contributed by atoms with Gasteiger partial charge in [0.15, 0.2) is 0 Å². The fraction of sp³-hybridized carbons (Fsp3) is 0.375. The third-order valence-corrected chi connectivity index (χ3v) is 1.77. The molecule has 0 aromatic carbocycles. The molecule has 0 bridgehead atoms. The first-order chi connectivity index (χ1) is 7.04. The van der Waals surface area contributed by atoms with E-state index >= 15 is 0 Å². The van der Waals surface area contributed by atoms with Crippen molar-refractivity contribution in [1.29, 1.82) is 0 Å². The molecular weight excluding hydrogens is 202 g/mol. The molecule has 0 radical (unpaired) electrons. The maximum atomic E-state index is 11.4. The molecule has 3 N–H and O–H groups in total. The molecule has 0 aliphatic heterocycles. The van der Waals surface area contributed by atoms with Crippen molar-refractivity contribution in [2.75, 3.05) is 6.61 Å². The summed E-state index contributed by atoms with van der Waals surface area (Å²) in [7, 11) is 0. The average Bonchev–Trinajstić information content (AvgIpc) is 2.66. The normalized spacial score (nSPS) is 12.1. The molecule has 1 atom stereocenters. The maximum absolute atomic E-state index is 11.4. The van der Waals surface area contributed by atoms with E-state index in [0.717, 1.165) is 12.3 Å². The van der Waals surface area contributed by atoms with E-state index in [1.54, 1.807) is 6.92 Å². The third kappa shape index (κ3) is 2.78. The summed E-state index contributed by atoms with van der Waals surface area (Å²) in [6, 6.07) is 0.749. The smallest absolute Gasteiger partial charge is 0.287 e. The van der Waals surface area contributed by atoms with Crippen molar-refractivity contribution in [2.24, 2.45) is 0 Å². The SMILES string of the molecule is C[C@H](CO)NC(=O)c1cc([N+](=O)[O-])c[nH]1. The Kier molecular flexibility index (Phi) is 3.40. The first-order valence-electron chi connectivity index (χ1n) is 4.29. The molecule has 1 aromatic rings. The van der Waals surface area contributed by atoms with Crippen molar-refractivity contribution in [3.05, 3.63) is 28.1 Å². The molecule has 0 spiro atoms. The number of aromatic nitrogens is 1.